The van der Waals surface area contributed by atoms with Crippen LogP contribution in [0.1, 0.15) is 38.9 Å². The molecular formula is C31H26N6O. The Bertz CT molecular complexity index is 1590. The molecule has 0 fully saturated rings. The van der Waals surface area contributed by atoms with Gasteiger partial charge in [0.2, 0.25) is 0 Å². The molecule has 7 heteroatoms. The van der Waals surface area contributed by atoms with E-state index in [1.54, 1.807) is 35.1 Å². The number of hydrogen-bond acceptors (Lipinski definition) is 4. The molecule has 5 aromatic rings. The number of nitrogens with zero attached hydrogens (tertiary/aromatic N) is 4. The lowest BCUT2D eigenvalue weighted by atomic mass is 9.98. The number of carbonyl (C=O) groups excluding carboxylic acids is 1. The quantitative estimate of drug-likeness (QED) is 0.248. The van der Waals surface area contributed by atoms with Crippen molar-refractivity contribution >= 4 is 17.3 Å². The molecule has 5 rings (SSSR count). The van der Waals surface area contributed by atoms with E-state index in [4.69, 9.17) is 6.57 Å². The molecule has 0 radical (unpaired) electrons. The van der Waals surface area contributed by atoms with Crippen molar-refractivity contribution in [3.8, 4) is 5.69 Å². The van der Waals surface area contributed by atoms with Crippen LogP contribution >= 0.6 is 0 Å². The van der Waals surface area contributed by atoms with Gasteiger partial charge in [-0.05, 0) is 60.0 Å². The third-order valence-corrected chi connectivity index (χ3v) is 6.11. The van der Waals surface area contributed by atoms with Crippen molar-refractivity contribution in [2.24, 2.45) is 0 Å². The Labute approximate surface area is 221 Å². The first-order valence-electron chi connectivity index (χ1n) is 12.2. The Kier molecular flexibility index (Phi) is 7.34. The molecule has 0 saturated carbocycles. The van der Waals surface area contributed by atoms with Crippen molar-refractivity contribution in [2.75, 3.05) is 5.32 Å². The van der Waals surface area contributed by atoms with Crippen molar-refractivity contribution in [2.45, 2.75) is 19.5 Å². The fraction of sp³-hybridized carbons (Fsp3) is 0.0968. The molecule has 186 valence electrons. The Balaban J connectivity index is 1.41. The first kappa shape index (κ1) is 24.6. The molecule has 3 aromatic carbocycles. The van der Waals surface area contributed by atoms with Gasteiger partial charge in [-0.25, -0.2) is 9.53 Å². The Morgan fingerprint density at radius 3 is 2.55 bits per heavy atom. The highest BCUT2D eigenvalue weighted by molar-refractivity contribution is 6.03. The molecule has 38 heavy (non-hydrogen) atoms. The highest BCUT2D eigenvalue weighted by Gasteiger charge is 2.18. The van der Waals surface area contributed by atoms with Crippen molar-refractivity contribution in [3.63, 3.8) is 0 Å². The van der Waals surface area contributed by atoms with E-state index >= 15 is 0 Å². The second-order valence-corrected chi connectivity index (χ2v) is 8.88. The van der Waals surface area contributed by atoms with Gasteiger partial charge >= 0.3 is 0 Å². The van der Waals surface area contributed by atoms with E-state index in [-0.39, 0.29) is 11.9 Å². The molecule has 2 heterocycles. The SMILES string of the molecule is [C-]#[N+]c1cccc(-n2nc(C)cc2C(=O)Nc2cccc(C(NCc3cccnc3)c3ccccc3)c2)c1. The van der Waals surface area contributed by atoms with Crippen LogP contribution in [0.25, 0.3) is 10.5 Å². The van der Waals surface area contributed by atoms with Crippen LogP contribution < -0.4 is 10.6 Å². The number of anilines is 1. The summed E-state index contributed by atoms with van der Waals surface area (Å²) in [6.45, 7) is 9.78. The van der Waals surface area contributed by atoms with Crippen LogP contribution in [0.4, 0.5) is 11.4 Å². The normalized spacial score (nSPS) is 11.5. The molecule has 0 aliphatic heterocycles. The number of rotatable bonds is 8. The van der Waals surface area contributed by atoms with E-state index in [0.29, 0.717) is 35.0 Å². The summed E-state index contributed by atoms with van der Waals surface area (Å²) in [4.78, 5) is 21.1. The van der Waals surface area contributed by atoms with E-state index in [1.807, 2.05) is 73.8 Å². The number of aryl methyl sites for hydroxylation is 1. The maximum absolute atomic E-state index is 13.4. The smallest absolute Gasteiger partial charge is 0.274 e. The molecule has 1 amide bonds. The second kappa shape index (κ2) is 11.3. The van der Waals surface area contributed by atoms with Crippen LogP contribution in [0.3, 0.4) is 0 Å². The van der Waals surface area contributed by atoms with Crippen LogP contribution in [0.2, 0.25) is 0 Å². The van der Waals surface area contributed by atoms with Crippen LogP contribution in [0, 0.1) is 13.5 Å². The third kappa shape index (κ3) is 5.67. The number of benzene rings is 3. The zero-order chi connectivity index (χ0) is 26.3. The number of nitrogens with one attached hydrogen (secondary N) is 2. The lowest BCUT2D eigenvalue weighted by Crippen LogP contribution is -2.22. The van der Waals surface area contributed by atoms with E-state index in [0.717, 1.165) is 16.7 Å². The van der Waals surface area contributed by atoms with Gasteiger partial charge in [-0.15, -0.1) is 0 Å². The summed E-state index contributed by atoms with van der Waals surface area (Å²) in [7, 11) is 0. The molecule has 0 bridgehead atoms. The molecule has 2 aromatic heterocycles. The van der Waals surface area contributed by atoms with Crippen molar-refractivity contribution in [1.82, 2.24) is 20.1 Å². The lowest BCUT2D eigenvalue weighted by molar-refractivity contribution is 0.101. The Morgan fingerprint density at radius 2 is 1.76 bits per heavy atom. The zero-order valence-corrected chi connectivity index (χ0v) is 20.9. The summed E-state index contributed by atoms with van der Waals surface area (Å²) in [5, 5.41) is 11.2. The molecule has 0 aliphatic carbocycles. The number of aromatic nitrogens is 3. The number of hydrogen-bond donors (Lipinski definition) is 2. The number of amides is 1. The predicted octanol–water partition coefficient (Wildman–Crippen LogP) is 6.26. The lowest BCUT2D eigenvalue weighted by Gasteiger charge is -2.21. The van der Waals surface area contributed by atoms with Gasteiger partial charge in [-0.2, -0.15) is 5.10 Å². The minimum atomic E-state index is -0.282. The van der Waals surface area contributed by atoms with Crippen molar-refractivity contribution < 1.29 is 4.79 Å². The minimum Gasteiger partial charge on any atom is -0.321 e. The predicted molar refractivity (Wildman–Crippen MR) is 148 cm³/mol. The summed E-state index contributed by atoms with van der Waals surface area (Å²) >= 11 is 0. The number of carbonyl (C=O) groups is 1. The first-order chi connectivity index (χ1) is 18.6. The molecule has 2 N–H and O–H groups in total. The van der Waals surface area contributed by atoms with Gasteiger partial charge in [0, 0.05) is 24.6 Å². The third-order valence-electron chi connectivity index (χ3n) is 6.11. The summed E-state index contributed by atoms with van der Waals surface area (Å²) in [6.07, 6.45) is 3.61. The highest BCUT2D eigenvalue weighted by Crippen LogP contribution is 2.26. The molecule has 0 spiro atoms. The van der Waals surface area contributed by atoms with Crippen LogP contribution in [-0.4, -0.2) is 20.7 Å². The second-order valence-electron chi connectivity index (χ2n) is 8.88. The van der Waals surface area contributed by atoms with Gasteiger partial charge in [0.25, 0.3) is 5.91 Å². The van der Waals surface area contributed by atoms with E-state index < -0.39 is 0 Å². The van der Waals surface area contributed by atoms with Crippen LogP contribution in [-0.2, 0) is 6.54 Å². The van der Waals surface area contributed by atoms with Gasteiger partial charge in [-0.3, -0.25) is 9.78 Å². The number of pyridine rings is 1. The van der Waals surface area contributed by atoms with Gasteiger partial charge in [0.15, 0.2) is 5.69 Å². The topological polar surface area (TPSA) is 76.2 Å². The van der Waals surface area contributed by atoms with Gasteiger partial charge in [0.05, 0.1) is 24.0 Å². The van der Waals surface area contributed by atoms with Gasteiger partial charge < -0.3 is 10.6 Å². The first-order valence-corrected chi connectivity index (χ1v) is 12.2. The molecule has 1 atom stereocenters. The van der Waals surface area contributed by atoms with E-state index in [2.05, 4.69) is 37.7 Å². The van der Waals surface area contributed by atoms with Crippen molar-refractivity contribution in [1.29, 1.82) is 0 Å². The average Bonchev–Trinajstić information content (AvgIpc) is 3.36. The molecule has 0 aliphatic rings. The van der Waals surface area contributed by atoms with E-state index in [1.165, 1.54) is 0 Å². The highest BCUT2D eigenvalue weighted by atomic mass is 16.2. The summed E-state index contributed by atoms with van der Waals surface area (Å²) < 4.78 is 1.57. The fourth-order valence-electron chi connectivity index (χ4n) is 4.34. The molecule has 1 unspecified atom stereocenters. The standard InChI is InChI=1S/C31H26N6O/c1-22-17-29(37(36-22)28-15-7-13-26(19-28)32-2)31(38)35-27-14-6-12-25(18-27)30(24-10-4-3-5-11-24)34-21-23-9-8-16-33-20-23/h3-20,30,34H,21H2,1H3,(H,35,38). The monoisotopic (exact) mass is 498 g/mol. The summed E-state index contributed by atoms with van der Waals surface area (Å²) in [5.74, 6) is -0.282. The minimum absolute atomic E-state index is 0.0857. The fourth-order valence-corrected chi connectivity index (χ4v) is 4.34. The molecule has 0 saturated heterocycles. The molecular weight excluding hydrogens is 472 g/mol. The largest absolute Gasteiger partial charge is 0.321 e. The Hall–Kier alpha value is -5.06. The zero-order valence-electron chi connectivity index (χ0n) is 20.9. The van der Waals surface area contributed by atoms with Crippen LogP contribution in [0.15, 0.2) is 109 Å². The summed E-state index contributed by atoms with van der Waals surface area (Å²) in [6, 6.07) is 30.7. The maximum Gasteiger partial charge on any atom is 0.274 e. The van der Waals surface area contributed by atoms with Crippen molar-refractivity contribution in [3.05, 3.63) is 149 Å². The summed E-state index contributed by atoms with van der Waals surface area (Å²) in [5.41, 5.74) is 6.15. The maximum atomic E-state index is 13.4. The van der Waals surface area contributed by atoms with Crippen LogP contribution in [0.5, 0.6) is 0 Å². The average molecular weight is 499 g/mol. The Morgan fingerprint density at radius 1 is 0.947 bits per heavy atom. The van der Waals surface area contributed by atoms with Gasteiger partial charge in [-0.1, -0.05) is 60.7 Å². The van der Waals surface area contributed by atoms with E-state index in [9.17, 15) is 4.79 Å². The molecule has 7 nitrogen and oxygen atoms in total. The van der Waals surface area contributed by atoms with Gasteiger partial charge in [0.1, 0.15) is 5.69 Å².